The average Bonchev–Trinajstić information content (AvgIpc) is 2.22. The van der Waals surface area contributed by atoms with Crippen molar-refractivity contribution >= 4 is 17.6 Å². The van der Waals surface area contributed by atoms with Crippen molar-refractivity contribution in [3.8, 4) is 0 Å². The molecule has 0 fully saturated rings. The third kappa shape index (κ3) is 4.07. The van der Waals surface area contributed by atoms with Crippen LogP contribution in [0.5, 0.6) is 0 Å². The highest BCUT2D eigenvalue weighted by molar-refractivity contribution is 6.29. The van der Waals surface area contributed by atoms with Crippen molar-refractivity contribution in [2.45, 2.75) is 26.3 Å². The molecule has 1 N–H and O–H groups in total. The van der Waals surface area contributed by atoms with E-state index in [4.69, 9.17) is 16.3 Å². The first-order chi connectivity index (χ1) is 8.04. The quantitative estimate of drug-likeness (QED) is 0.619. The summed E-state index contributed by atoms with van der Waals surface area (Å²) < 4.78 is 5.72. The van der Waals surface area contributed by atoms with E-state index in [9.17, 15) is 14.4 Å². The van der Waals surface area contributed by atoms with E-state index in [-0.39, 0.29) is 24.1 Å². The summed E-state index contributed by atoms with van der Waals surface area (Å²) in [5.41, 5.74) is -1.06. The van der Waals surface area contributed by atoms with Crippen LogP contribution in [0.4, 0.5) is 0 Å². The van der Waals surface area contributed by atoms with Crippen LogP contribution in [0.3, 0.4) is 0 Å². The Bertz CT molecular complexity index is 475. The molecule has 94 valence electrons. The lowest BCUT2D eigenvalue weighted by Gasteiger charge is -2.04. The number of nitrogens with one attached hydrogen (secondary N) is 1. The van der Waals surface area contributed by atoms with Crippen LogP contribution in [-0.4, -0.2) is 22.1 Å². The Hall–Kier alpha value is -1.56. The van der Waals surface area contributed by atoms with E-state index in [0.29, 0.717) is 13.0 Å². The lowest BCUT2D eigenvalue weighted by Crippen LogP contribution is -2.34. The molecule has 0 atom stereocenters. The minimum Gasteiger partial charge on any atom is -0.466 e. The van der Waals surface area contributed by atoms with Gasteiger partial charge >= 0.3 is 11.7 Å². The van der Waals surface area contributed by atoms with E-state index in [0.717, 1.165) is 10.6 Å². The third-order valence-electron chi connectivity index (χ3n) is 2.06. The Balaban J connectivity index is 2.62. The van der Waals surface area contributed by atoms with Gasteiger partial charge in [-0.25, -0.2) is 4.79 Å². The van der Waals surface area contributed by atoms with Crippen molar-refractivity contribution in [2.24, 2.45) is 0 Å². The molecule has 1 heterocycles. The molecule has 6 nitrogen and oxygen atoms in total. The number of esters is 1. The molecule has 0 amide bonds. The monoisotopic (exact) mass is 260 g/mol. The van der Waals surface area contributed by atoms with Crippen molar-refractivity contribution in [1.29, 1.82) is 0 Å². The molecule has 0 radical (unpaired) electrons. The number of ether oxygens (including phenoxy) is 1. The molecule has 1 rings (SSSR count). The molecular formula is C10H13ClN2O4. The predicted octanol–water partition coefficient (Wildman–Crippen LogP) is 0.533. The van der Waals surface area contributed by atoms with Crippen molar-refractivity contribution < 1.29 is 9.53 Å². The smallest absolute Gasteiger partial charge is 0.329 e. The van der Waals surface area contributed by atoms with E-state index < -0.39 is 11.2 Å². The fourth-order valence-electron chi connectivity index (χ4n) is 1.32. The highest BCUT2D eigenvalue weighted by Gasteiger charge is 2.05. The summed E-state index contributed by atoms with van der Waals surface area (Å²) in [6, 6.07) is 1.12. The van der Waals surface area contributed by atoms with Gasteiger partial charge < -0.3 is 4.74 Å². The second-order valence-electron chi connectivity index (χ2n) is 3.32. The largest absolute Gasteiger partial charge is 0.466 e. The Kier molecular flexibility index (Phi) is 4.96. The van der Waals surface area contributed by atoms with Crippen LogP contribution < -0.4 is 11.2 Å². The van der Waals surface area contributed by atoms with Crippen LogP contribution in [0.1, 0.15) is 19.8 Å². The maximum absolute atomic E-state index is 11.4. The Morgan fingerprint density at radius 3 is 2.82 bits per heavy atom. The van der Waals surface area contributed by atoms with E-state index in [1.54, 1.807) is 6.92 Å². The number of hydrogen-bond donors (Lipinski definition) is 1. The summed E-state index contributed by atoms with van der Waals surface area (Å²) in [5, 5.41) is 0.00152. The van der Waals surface area contributed by atoms with Gasteiger partial charge in [0, 0.05) is 19.0 Å². The first-order valence-corrected chi connectivity index (χ1v) is 5.57. The van der Waals surface area contributed by atoms with Gasteiger partial charge in [-0.1, -0.05) is 11.6 Å². The summed E-state index contributed by atoms with van der Waals surface area (Å²) in [6.45, 7) is 2.19. The third-order valence-corrected chi connectivity index (χ3v) is 2.26. The van der Waals surface area contributed by atoms with E-state index in [1.165, 1.54) is 0 Å². The first kappa shape index (κ1) is 13.5. The van der Waals surface area contributed by atoms with Gasteiger partial charge in [0.1, 0.15) is 5.15 Å². The van der Waals surface area contributed by atoms with Crippen LogP contribution in [0, 0.1) is 0 Å². The maximum atomic E-state index is 11.4. The number of carbonyl (C=O) groups is 1. The number of aromatic nitrogens is 2. The Morgan fingerprint density at radius 1 is 1.53 bits per heavy atom. The van der Waals surface area contributed by atoms with Gasteiger partial charge in [-0.3, -0.25) is 19.1 Å². The molecular weight excluding hydrogens is 248 g/mol. The van der Waals surface area contributed by atoms with E-state index in [1.807, 2.05) is 0 Å². The van der Waals surface area contributed by atoms with Gasteiger partial charge in [0.15, 0.2) is 0 Å². The summed E-state index contributed by atoms with van der Waals surface area (Å²) in [7, 11) is 0. The van der Waals surface area contributed by atoms with Crippen LogP contribution in [0.2, 0.25) is 5.15 Å². The van der Waals surface area contributed by atoms with Crippen LogP contribution in [0.25, 0.3) is 0 Å². The van der Waals surface area contributed by atoms with E-state index in [2.05, 4.69) is 4.98 Å². The molecule has 0 aliphatic heterocycles. The second-order valence-corrected chi connectivity index (χ2v) is 3.73. The van der Waals surface area contributed by atoms with Gasteiger partial charge in [0.25, 0.3) is 5.56 Å². The van der Waals surface area contributed by atoms with Gasteiger partial charge in [0.05, 0.1) is 6.61 Å². The maximum Gasteiger partial charge on any atom is 0.329 e. The molecule has 0 aromatic carbocycles. The topological polar surface area (TPSA) is 81.2 Å². The van der Waals surface area contributed by atoms with Crippen LogP contribution >= 0.6 is 11.6 Å². The molecule has 7 heteroatoms. The van der Waals surface area contributed by atoms with E-state index >= 15 is 0 Å². The van der Waals surface area contributed by atoms with Crippen LogP contribution in [0.15, 0.2) is 15.7 Å². The first-order valence-electron chi connectivity index (χ1n) is 5.20. The van der Waals surface area contributed by atoms with Crippen molar-refractivity contribution in [2.75, 3.05) is 6.61 Å². The normalized spacial score (nSPS) is 10.2. The van der Waals surface area contributed by atoms with Gasteiger partial charge in [-0.15, -0.1) is 0 Å². The number of H-pyrrole nitrogens is 1. The molecule has 0 aliphatic rings. The minimum absolute atomic E-state index is 0.00152. The number of carbonyl (C=O) groups excluding carboxylic acids is 1. The highest BCUT2D eigenvalue weighted by Crippen LogP contribution is 1.96. The van der Waals surface area contributed by atoms with Crippen molar-refractivity contribution in [3.63, 3.8) is 0 Å². The van der Waals surface area contributed by atoms with Crippen LogP contribution in [-0.2, 0) is 16.1 Å². The number of halogens is 1. The molecule has 0 spiro atoms. The molecule has 17 heavy (non-hydrogen) atoms. The number of aromatic amines is 1. The fraction of sp³-hybridized carbons (Fsp3) is 0.500. The second kappa shape index (κ2) is 6.24. The molecule has 0 saturated carbocycles. The Morgan fingerprint density at radius 2 is 2.24 bits per heavy atom. The Labute approximate surface area is 102 Å². The molecule has 0 saturated heterocycles. The number of nitrogens with zero attached hydrogens (tertiary/aromatic N) is 1. The van der Waals surface area contributed by atoms with Crippen molar-refractivity contribution in [3.05, 3.63) is 32.1 Å². The predicted molar refractivity (Wildman–Crippen MR) is 62.2 cm³/mol. The average molecular weight is 261 g/mol. The summed E-state index contributed by atoms with van der Waals surface area (Å²) >= 11 is 5.50. The highest BCUT2D eigenvalue weighted by atomic mass is 35.5. The zero-order valence-electron chi connectivity index (χ0n) is 9.36. The standard InChI is InChI=1S/C10H13ClN2O4/c1-2-17-9(15)4-3-5-13-8(14)6-7(11)12-10(13)16/h6H,2-5H2,1H3,(H,12,16). The SMILES string of the molecule is CCOC(=O)CCCn1c(=O)cc(Cl)[nH]c1=O. The minimum atomic E-state index is -0.577. The lowest BCUT2D eigenvalue weighted by molar-refractivity contribution is -0.143. The fourth-order valence-corrected chi connectivity index (χ4v) is 1.49. The summed E-state index contributed by atoms with van der Waals surface area (Å²) in [5.74, 6) is -0.342. The molecule has 0 bridgehead atoms. The lowest BCUT2D eigenvalue weighted by atomic mass is 10.3. The number of rotatable bonds is 5. The molecule has 0 unspecified atom stereocenters. The zero-order chi connectivity index (χ0) is 12.8. The summed E-state index contributed by atoms with van der Waals surface area (Å²) in [6.07, 6.45) is 0.534. The molecule has 1 aromatic heterocycles. The number of hydrogen-bond acceptors (Lipinski definition) is 4. The summed E-state index contributed by atoms with van der Waals surface area (Å²) in [4.78, 5) is 36.1. The zero-order valence-corrected chi connectivity index (χ0v) is 10.1. The molecule has 0 aliphatic carbocycles. The molecule has 1 aromatic rings. The van der Waals surface area contributed by atoms with Gasteiger partial charge in [-0.05, 0) is 13.3 Å². The van der Waals surface area contributed by atoms with Gasteiger partial charge in [-0.2, -0.15) is 0 Å². The van der Waals surface area contributed by atoms with Crippen molar-refractivity contribution in [1.82, 2.24) is 9.55 Å². The van der Waals surface area contributed by atoms with Gasteiger partial charge in [0.2, 0.25) is 0 Å².